The summed E-state index contributed by atoms with van der Waals surface area (Å²) in [4.78, 5) is 21.2. The average molecular weight is 279 g/mol. The molecule has 0 bridgehead atoms. The molecule has 0 fully saturated rings. The number of hydrogen-bond acceptors (Lipinski definition) is 6. The quantitative estimate of drug-likeness (QED) is 0.669. The summed E-state index contributed by atoms with van der Waals surface area (Å²) in [5.74, 6) is 0. The first-order valence-electron chi connectivity index (χ1n) is 5.28. The standard InChI is InChI=1S/C11H9N3O4S/c15-13(16)10-4-2-1-3-9(10)12-7-8-5-6-11(19-8)14(17)18/h1-6,12H,7H2. The summed E-state index contributed by atoms with van der Waals surface area (Å²) in [6.07, 6.45) is 0. The number of nitro groups is 2. The Bertz CT molecular complexity index is 626. The second-order valence-corrected chi connectivity index (χ2v) is 4.77. The highest BCUT2D eigenvalue weighted by atomic mass is 32.1. The summed E-state index contributed by atoms with van der Waals surface area (Å²) in [5, 5.41) is 24.3. The van der Waals surface area contributed by atoms with Gasteiger partial charge in [0.05, 0.1) is 9.85 Å². The minimum Gasteiger partial charge on any atom is -0.375 e. The number of nitrogens with zero attached hydrogens (tertiary/aromatic N) is 2. The van der Waals surface area contributed by atoms with Crippen molar-refractivity contribution in [1.82, 2.24) is 0 Å². The number of para-hydroxylation sites is 2. The maximum absolute atomic E-state index is 10.8. The normalized spacial score (nSPS) is 10.1. The molecule has 8 heteroatoms. The third-order valence-electron chi connectivity index (χ3n) is 2.38. The molecule has 0 amide bonds. The number of nitrogens with one attached hydrogen (secondary N) is 1. The lowest BCUT2D eigenvalue weighted by Crippen LogP contribution is -2.01. The highest BCUT2D eigenvalue weighted by Gasteiger charge is 2.13. The average Bonchev–Trinajstić information content (AvgIpc) is 2.85. The van der Waals surface area contributed by atoms with E-state index >= 15 is 0 Å². The van der Waals surface area contributed by atoms with E-state index in [-0.39, 0.29) is 10.7 Å². The van der Waals surface area contributed by atoms with Crippen molar-refractivity contribution in [2.45, 2.75) is 6.54 Å². The molecule has 0 aliphatic heterocycles. The van der Waals surface area contributed by atoms with E-state index in [0.29, 0.717) is 12.2 Å². The van der Waals surface area contributed by atoms with Crippen LogP contribution >= 0.6 is 11.3 Å². The summed E-state index contributed by atoms with van der Waals surface area (Å²) < 4.78 is 0. The monoisotopic (exact) mass is 279 g/mol. The largest absolute Gasteiger partial charge is 0.375 e. The molecule has 19 heavy (non-hydrogen) atoms. The molecule has 0 unspecified atom stereocenters. The van der Waals surface area contributed by atoms with Gasteiger partial charge < -0.3 is 5.32 Å². The molecule has 2 aromatic rings. The van der Waals surface area contributed by atoms with Crippen molar-refractivity contribution in [3.63, 3.8) is 0 Å². The number of nitro benzene ring substituents is 1. The van der Waals surface area contributed by atoms with Crippen LogP contribution in [0.2, 0.25) is 0 Å². The lowest BCUT2D eigenvalue weighted by Gasteiger charge is -2.04. The summed E-state index contributed by atoms with van der Waals surface area (Å²) in [5.41, 5.74) is 0.372. The zero-order valence-corrected chi connectivity index (χ0v) is 10.4. The second kappa shape index (κ2) is 5.44. The van der Waals surface area contributed by atoms with E-state index < -0.39 is 9.85 Å². The predicted octanol–water partition coefficient (Wildman–Crippen LogP) is 3.18. The molecule has 0 aliphatic carbocycles. The van der Waals surface area contributed by atoms with Gasteiger partial charge in [-0.1, -0.05) is 23.5 Å². The maximum atomic E-state index is 10.8. The fourth-order valence-electron chi connectivity index (χ4n) is 1.52. The molecule has 1 N–H and O–H groups in total. The predicted molar refractivity (Wildman–Crippen MR) is 71.4 cm³/mol. The van der Waals surface area contributed by atoms with Gasteiger partial charge in [0, 0.05) is 23.6 Å². The van der Waals surface area contributed by atoms with Crippen molar-refractivity contribution in [3.05, 3.63) is 61.5 Å². The molecule has 0 atom stereocenters. The minimum absolute atomic E-state index is 0.0199. The SMILES string of the molecule is O=[N+]([O-])c1ccc(CNc2ccccc2[N+](=O)[O-])s1. The number of benzene rings is 1. The molecule has 1 aromatic heterocycles. The summed E-state index contributed by atoms with van der Waals surface area (Å²) in [6, 6.07) is 9.32. The highest BCUT2D eigenvalue weighted by molar-refractivity contribution is 7.15. The second-order valence-electron chi connectivity index (χ2n) is 3.62. The first kappa shape index (κ1) is 13.0. The summed E-state index contributed by atoms with van der Waals surface area (Å²) >= 11 is 1.04. The smallest absolute Gasteiger partial charge is 0.324 e. The van der Waals surface area contributed by atoms with Gasteiger partial charge in [-0.3, -0.25) is 20.2 Å². The van der Waals surface area contributed by atoms with Crippen LogP contribution in [-0.4, -0.2) is 9.85 Å². The van der Waals surface area contributed by atoms with Crippen molar-refractivity contribution in [1.29, 1.82) is 0 Å². The van der Waals surface area contributed by atoms with Crippen LogP contribution in [0.5, 0.6) is 0 Å². The van der Waals surface area contributed by atoms with E-state index in [0.717, 1.165) is 16.2 Å². The molecule has 0 aliphatic rings. The third kappa shape index (κ3) is 3.05. The molecule has 1 aromatic carbocycles. The molecule has 7 nitrogen and oxygen atoms in total. The van der Waals surface area contributed by atoms with Crippen molar-refractivity contribution < 1.29 is 9.85 Å². The highest BCUT2D eigenvalue weighted by Crippen LogP contribution is 2.27. The maximum Gasteiger partial charge on any atom is 0.324 e. The molecule has 0 spiro atoms. The number of anilines is 1. The van der Waals surface area contributed by atoms with Crippen LogP contribution in [-0.2, 0) is 6.54 Å². The van der Waals surface area contributed by atoms with E-state index in [1.165, 1.54) is 12.1 Å². The van der Waals surface area contributed by atoms with Crippen LogP contribution in [0.25, 0.3) is 0 Å². The fourth-order valence-corrected chi connectivity index (χ4v) is 2.28. The van der Waals surface area contributed by atoms with E-state index in [4.69, 9.17) is 0 Å². The minimum atomic E-state index is -0.473. The first-order chi connectivity index (χ1) is 9.08. The molecule has 0 saturated heterocycles. The molecule has 0 saturated carbocycles. The van der Waals surface area contributed by atoms with Gasteiger partial charge in [-0.15, -0.1) is 0 Å². The van der Waals surface area contributed by atoms with Gasteiger partial charge in [0.25, 0.3) is 5.69 Å². The van der Waals surface area contributed by atoms with E-state index in [9.17, 15) is 20.2 Å². The van der Waals surface area contributed by atoms with Crippen molar-refractivity contribution >= 4 is 27.7 Å². The molecule has 1 heterocycles. The Morgan fingerprint density at radius 3 is 2.42 bits per heavy atom. The molecule has 0 radical (unpaired) electrons. The van der Waals surface area contributed by atoms with Crippen LogP contribution in [0.4, 0.5) is 16.4 Å². The van der Waals surface area contributed by atoms with Gasteiger partial charge in [-0.05, 0) is 12.1 Å². The van der Waals surface area contributed by atoms with Gasteiger partial charge in [0.15, 0.2) is 0 Å². The third-order valence-corrected chi connectivity index (χ3v) is 3.42. The number of hydrogen-bond donors (Lipinski definition) is 1. The van der Waals surface area contributed by atoms with Crippen molar-refractivity contribution in [3.8, 4) is 0 Å². The van der Waals surface area contributed by atoms with Crippen molar-refractivity contribution in [2.75, 3.05) is 5.32 Å². The topological polar surface area (TPSA) is 98.3 Å². The molecule has 98 valence electrons. The number of thiophene rings is 1. The van der Waals surface area contributed by atoms with Crippen LogP contribution in [0.1, 0.15) is 4.88 Å². The van der Waals surface area contributed by atoms with E-state index in [2.05, 4.69) is 5.32 Å². The van der Waals surface area contributed by atoms with Gasteiger partial charge in [0.2, 0.25) is 0 Å². The Morgan fingerprint density at radius 2 is 1.79 bits per heavy atom. The Labute approximate surface area is 111 Å². The van der Waals surface area contributed by atoms with Gasteiger partial charge >= 0.3 is 5.00 Å². The van der Waals surface area contributed by atoms with E-state index in [1.54, 1.807) is 24.3 Å². The lowest BCUT2D eigenvalue weighted by molar-refractivity contribution is -0.384. The zero-order chi connectivity index (χ0) is 13.8. The van der Waals surface area contributed by atoms with Crippen LogP contribution in [0.15, 0.2) is 36.4 Å². The zero-order valence-electron chi connectivity index (χ0n) is 9.61. The Morgan fingerprint density at radius 1 is 1.05 bits per heavy atom. The van der Waals surface area contributed by atoms with Crippen LogP contribution in [0.3, 0.4) is 0 Å². The molecular weight excluding hydrogens is 270 g/mol. The van der Waals surface area contributed by atoms with Crippen molar-refractivity contribution in [2.24, 2.45) is 0 Å². The summed E-state index contributed by atoms with van der Waals surface area (Å²) in [6.45, 7) is 0.309. The van der Waals surface area contributed by atoms with E-state index in [1.807, 2.05) is 0 Å². The molecular formula is C11H9N3O4S. The summed E-state index contributed by atoms with van der Waals surface area (Å²) in [7, 11) is 0. The lowest BCUT2D eigenvalue weighted by atomic mass is 10.2. The van der Waals surface area contributed by atoms with Crippen LogP contribution in [0, 0.1) is 20.2 Å². The van der Waals surface area contributed by atoms with Crippen LogP contribution < -0.4 is 5.32 Å². The number of rotatable bonds is 5. The first-order valence-corrected chi connectivity index (χ1v) is 6.10. The van der Waals surface area contributed by atoms with Gasteiger partial charge in [0.1, 0.15) is 5.69 Å². The Kier molecular flexibility index (Phi) is 3.71. The Balaban J connectivity index is 2.10. The van der Waals surface area contributed by atoms with Gasteiger partial charge in [-0.25, -0.2) is 0 Å². The fraction of sp³-hybridized carbons (Fsp3) is 0.0909. The van der Waals surface area contributed by atoms with Gasteiger partial charge in [-0.2, -0.15) is 0 Å². The molecule has 2 rings (SSSR count). The Hall–Kier alpha value is -2.48.